The predicted molar refractivity (Wildman–Crippen MR) is 99.9 cm³/mol. The molecule has 25 heavy (non-hydrogen) atoms. The molecule has 4 nitrogen and oxygen atoms in total. The number of aromatic nitrogens is 1. The maximum atomic E-state index is 13.8. The van der Waals surface area contributed by atoms with Crippen molar-refractivity contribution in [3.05, 3.63) is 88.4 Å². The Labute approximate surface area is 153 Å². The lowest BCUT2D eigenvalue weighted by molar-refractivity contribution is 0.251. The summed E-state index contributed by atoms with van der Waals surface area (Å²) in [6, 6.07) is 17.6. The Morgan fingerprint density at radius 1 is 1.04 bits per heavy atom. The third-order valence-electron chi connectivity index (χ3n) is 3.77. The quantitative estimate of drug-likeness (QED) is 0.635. The molecule has 128 valence electrons. The summed E-state index contributed by atoms with van der Waals surface area (Å²) in [6.45, 7) is 0.764. The van der Waals surface area contributed by atoms with Crippen LogP contribution in [0.1, 0.15) is 11.3 Å². The van der Waals surface area contributed by atoms with Gasteiger partial charge in [0.1, 0.15) is 5.82 Å². The minimum absolute atomic E-state index is 0.234. The van der Waals surface area contributed by atoms with Gasteiger partial charge in [0.15, 0.2) is 0 Å². The first kappa shape index (κ1) is 17.2. The molecule has 0 aliphatic rings. The van der Waals surface area contributed by atoms with Crippen LogP contribution in [-0.4, -0.2) is 10.6 Å². The summed E-state index contributed by atoms with van der Waals surface area (Å²) in [5.74, 6) is -0.234. The Kier molecular flexibility index (Phi) is 5.50. The lowest BCUT2D eigenvalue weighted by Gasteiger charge is -2.12. The van der Waals surface area contributed by atoms with Crippen molar-refractivity contribution >= 4 is 27.6 Å². The predicted octanol–water partition coefficient (Wildman–Crippen LogP) is 4.76. The van der Waals surface area contributed by atoms with Gasteiger partial charge in [-0.1, -0.05) is 30.3 Å². The van der Waals surface area contributed by atoms with Crippen molar-refractivity contribution in [2.24, 2.45) is 0 Å². The molecule has 0 saturated carbocycles. The Balaban J connectivity index is 1.61. The zero-order chi connectivity index (χ0) is 17.6. The van der Waals surface area contributed by atoms with E-state index >= 15 is 0 Å². The van der Waals surface area contributed by atoms with Gasteiger partial charge < -0.3 is 15.2 Å². The monoisotopic (exact) mass is 401 g/mol. The molecule has 1 aromatic heterocycles. The van der Waals surface area contributed by atoms with Gasteiger partial charge in [0.05, 0.1) is 18.8 Å². The number of hydrogen-bond acceptors (Lipinski definition) is 1. The summed E-state index contributed by atoms with van der Waals surface area (Å²) in [6.07, 6.45) is 1.87. The highest BCUT2D eigenvalue weighted by Crippen LogP contribution is 2.21. The molecule has 0 saturated heterocycles. The second-order valence-electron chi connectivity index (χ2n) is 5.51. The fraction of sp³-hybridized carbons (Fsp3) is 0.105. The Hall–Kier alpha value is -2.60. The normalized spacial score (nSPS) is 10.5. The molecule has 3 rings (SSSR count). The molecule has 2 amide bonds. The van der Waals surface area contributed by atoms with Crippen LogP contribution in [0.4, 0.5) is 14.9 Å². The van der Waals surface area contributed by atoms with E-state index in [2.05, 4.69) is 26.6 Å². The average Bonchev–Trinajstić information content (AvgIpc) is 3.04. The number of nitrogens with one attached hydrogen (secondary N) is 2. The summed E-state index contributed by atoms with van der Waals surface area (Å²) >= 11 is 3.39. The highest BCUT2D eigenvalue weighted by molar-refractivity contribution is 9.10. The molecule has 0 bridgehead atoms. The van der Waals surface area contributed by atoms with E-state index in [1.165, 1.54) is 6.07 Å². The fourth-order valence-corrected chi connectivity index (χ4v) is 2.86. The molecule has 0 unspecified atom stereocenters. The molecule has 2 aromatic carbocycles. The van der Waals surface area contributed by atoms with Crippen molar-refractivity contribution in [1.82, 2.24) is 9.88 Å². The van der Waals surface area contributed by atoms with Crippen LogP contribution in [-0.2, 0) is 13.1 Å². The number of nitrogens with zero attached hydrogens (tertiary/aromatic N) is 1. The van der Waals surface area contributed by atoms with Gasteiger partial charge in [0.2, 0.25) is 0 Å². The van der Waals surface area contributed by atoms with Gasteiger partial charge in [0, 0.05) is 21.9 Å². The number of hydrogen-bond donors (Lipinski definition) is 2. The average molecular weight is 402 g/mol. The summed E-state index contributed by atoms with van der Waals surface area (Å²) in [4.78, 5) is 12.1. The van der Waals surface area contributed by atoms with Crippen LogP contribution in [0.3, 0.4) is 0 Å². The molecular formula is C19H17BrFN3O. The Morgan fingerprint density at radius 2 is 1.80 bits per heavy atom. The summed E-state index contributed by atoms with van der Waals surface area (Å²) in [7, 11) is 0. The number of anilines is 1. The maximum absolute atomic E-state index is 13.8. The van der Waals surface area contributed by atoms with Gasteiger partial charge >= 0.3 is 6.03 Å². The van der Waals surface area contributed by atoms with Crippen LogP contribution < -0.4 is 10.6 Å². The second kappa shape index (κ2) is 7.98. The molecule has 0 aliphatic heterocycles. The first-order valence-corrected chi connectivity index (χ1v) is 8.59. The Bertz CT molecular complexity index is 878. The number of para-hydroxylation sites is 1. The second-order valence-corrected chi connectivity index (χ2v) is 6.36. The molecule has 0 atom stereocenters. The number of benzene rings is 2. The summed E-state index contributed by atoms with van der Waals surface area (Å²) in [5.41, 5.74) is 2.20. The highest BCUT2D eigenvalue weighted by Gasteiger charge is 2.08. The van der Waals surface area contributed by atoms with Crippen LogP contribution in [0, 0.1) is 5.82 Å². The first-order chi connectivity index (χ1) is 12.1. The number of halogens is 2. The minimum Gasteiger partial charge on any atom is -0.345 e. The smallest absolute Gasteiger partial charge is 0.319 e. The lowest BCUT2D eigenvalue weighted by atomic mass is 10.2. The molecule has 0 spiro atoms. The third-order valence-corrected chi connectivity index (χ3v) is 4.47. The van der Waals surface area contributed by atoms with E-state index in [9.17, 15) is 9.18 Å². The molecule has 3 aromatic rings. The van der Waals surface area contributed by atoms with E-state index < -0.39 is 0 Å². The van der Waals surface area contributed by atoms with Gasteiger partial charge in [-0.2, -0.15) is 0 Å². The van der Waals surface area contributed by atoms with E-state index in [0.717, 1.165) is 10.2 Å². The number of urea groups is 1. The van der Waals surface area contributed by atoms with Crippen molar-refractivity contribution < 1.29 is 9.18 Å². The van der Waals surface area contributed by atoms with Crippen LogP contribution in [0.25, 0.3) is 0 Å². The SMILES string of the molecule is O=C(NCc1cccn1Cc1ccccc1F)Nc1ccccc1Br. The van der Waals surface area contributed by atoms with Gasteiger partial charge in [-0.25, -0.2) is 9.18 Å². The van der Waals surface area contributed by atoms with Crippen molar-refractivity contribution in [1.29, 1.82) is 0 Å². The van der Waals surface area contributed by atoms with E-state index in [1.54, 1.807) is 12.1 Å². The zero-order valence-electron chi connectivity index (χ0n) is 13.4. The van der Waals surface area contributed by atoms with Crippen LogP contribution in [0.5, 0.6) is 0 Å². The van der Waals surface area contributed by atoms with Gasteiger partial charge in [-0.15, -0.1) is 0 Å². The molecule has 2 N–H and O–H groups in total. The van der Waals surface area contributed by atoms with Crippen molar-refractivity contribution in [3.63, 3.8) is 0 Å². The lowest BCUT2D eigenvalue weighted by Crippen LogP contribution is -2.29. The van der Waals surface area contributed by atoms with E-state index in [-0.39, 0.29) is 11.8 Å². The van der Waals surface area contributed by atoms with E-state index in [4.69, 9.17) is 0 Å². The van der Waals surface area contributed by atoms with Crippen molar-refractivity contribution in [3.8, 4) is 0 Å². The zero-order valence-corrected chi connectivity index (χ0v) is 15.0. The third kappa shape index (κ3) is 4.48. The number of carbonyl (C=O) groups excluding carboxylic acids is 1. The highest BCUT2D eigenvalue weighted by atomic mass is 79.9. The van der Waals surface area contributed by atoms with Crippen molar-refractivity contribution in [2.45, 2.75) is 13.1 Å². The molecule has 0 aliphatic carbocycles. The minimum atomic E-state index is -0.300. The maximum Gasteiger partial charge on any atom is 0.319 e. The Morgan fingerprint density at radius 3 is 2.60 bits per heavy atom. The van der Waals surface area contributed by atoms with Crippen LogP contribution >= 0.6 is 15.9 Å². The fourth-order valence-electron chi connectivity index (χ4n) is 2.47. The molecular weight excluding hydrogens is 385 g/mol. The summed E-state index contributed by atoms with van der Waals surface area (Å²) < 4.78 is 16.5. The van der Waals surface area contributed by atoms with Crippen LogP contribution in [0.2, 0.25) is 0 Å². The number of rotatable bonds is 5. The first-order valence-electron chi connectivity index (χ1n) is 7.80. The number of amides is 2. The number of carbonyl (C=O) groups is 1. The van der Waals surface area contributed by atoms with Crippen molar-refractivity contribution in [2.75, 3.05) is 5.32 Å². The summed E-state index contributed by atoms with van der Waals surface area (Å²) in [5, 5.41) is 5.60. The van der Waals surface area contributed by atoms with E-state index in [1.807, 2.05) is 53.2 Å². The van der Waals surface area contributed by atoms with Gasteiger partial charge in [0.25, 0.3) is 0 Å². The molecule has 0 fully saturated rings. The molecule has 0 radical (unpaired) electrons. The largest absolute Gasteiger partial charge is 0.345 e. The standard InChI is InChI=1S/C19H17BrFN3O/c20-16-8-2-4-10-18(16)23-19(25)22-12-15-7-5-11-24(15)13-14-6-1-3-9-17(14)21/h1-11H,12-13H2,(H2,22,23,25). The van der Waals surface area contributed by atoms with Gasteiger partial charge in [-0.3, -0.25) is 0 Å². The van der Waals surface area contributed by atoms with E-state index in [0.29, 0.717) is 24.3 Å². The molecule has 6 heteroatoms. The van der Waals surface area contributed by atoms with Gasteiger partial charge in [-0.05, 0) is 46.3 Å². The molecule has 1 heterocycles. The van der Waals surface area contributed by atoms with Crippen LogP contribution in [0.15, 0.2) is 71.3 Å². The topological polar surface area (TPSA) is 46.1 Å².